The molecule has 3 rings (SSSR count). The zero-order valence-electron chi connectivity index (χ0n) is 13.4. The highest BCUT2D eigenvalue weighted by Gasteiger charge is 2.16. The van der Waals surface area contributed by atoms with Crippen LogP contribution in [0, 0.1) is 0 Å². The molecule has 0 aliphatic rings. The van der Waals surface area contributed by atoms with E-state index in [1.54, 1.807) is 6.07 Å². The van der Waals surface area contributed by atoms with Crippen LogP contribution in [-0.2, 0) is 0 Å². The Morgan fingerprint density at radius 2 is 1.64 bits per heavy atom. The number of amides is 1. The molecule has 1 aromatic heterocycles. The van der Waals surface area contributed by atoms with E-state index >= 15 is 0 Å². The van der Waals surface area contributed by atoms with Crippen molar-refractivity contribution >= 4 is 46.2 Å². The molecule has 126 valence electrons. The van der Waals surface area contributed by atoms with E-state index in [2.05, 4.69) is 10.3 Å². The van der Waals surface area contributed by atoms with Gasteiger partial charge in [0.1, 0.15) is 10.8 Å². The van der Waals surface area contributed by atoms with Gasteiger partial charge < -0.3 is 10.2 Å². The molecule has 4 nitrogen and oxygen atoms in total. The molecule has 0 radical (unpaired) electrons. The molecule has 0 aliphatic heterocycles. The van der Waals surface area contributed by atoms with Crippen LogP contribution >= 0.6 is 23.2 Å². The van der Waals surface area contributed by atoms with Crippen LogP contribution < -0.4 is 10.2 Å². The van der Waals surface area contributed by atoms with Crippen molar-refractivity contribution in [1.29, 1.82) is 0 Å². The van der Waals surface area contributed by atoms with E-state index in [0.717, 1.165) is 11.4 Å². The summed E-state index contributed by atoms with van der Waals surface area (Å²) in [6.07, 6.45) is 0. The molecular formula is C19H15Cl2N3O. The Morgan fingerprint density at radius 3 is 2.40 bits per heavy atom. The van der Waals surface area contributed by atoms with E-state index in [-0.39, 0.29) is 15.9 Å². The van der Waals surface area contributed by atoms with E-state index in [0.29, 0.717) is 5.69 Å². The lowest BCUT2D eigenvalue weighted by atomic mass is 10.2. The van der Waals surface area contributed by atoms with Gasteiger partial charge >= 0.3 is 0 Å². The van der Waals surface area contributed by atoms with Gasteiger partial charge in [0.2, 0.25) is 0 Å². The average Bonchev–Trinajstić information content (AvgIpc) is 2.64. The summed E-state index contributed by atoms with van der Waals surface area (Å²) in [5.74, 6) is -0.415. The lowest BCUT2D eigenvalue weighted by molar-refractivity contribution is 0.102. The second kappa shape index (κ2) is 7.55. The minimum Gasteiger partial charge on any atom is -0.343 e. The van der Waals surface area contributed by atoms with Crippen molar-refractivity contribution in [3.8, 4) is 0 Å². The predicted octanol–water partition coefficient (Wildman–Crippen LogP) is 5.41. The van der Waals surface area contributed by atoms with Gasteiger partial charge in [-0.3, -0.25) is 4.79 Å². The van der Waals surface area contributed by atoms with Crippen molar-refractivity contribution in [3.05, 3.63) is 82.6 Å². The van der Waals surface area contributed by atoms with Gasteiger partial charge in [0, 0.05) is 12.7 Å². The number of halogens is 2. The number of nitrogens with one attached hydrogen (secondary N) is 1. The highest BCUT2D eigenvalue weighted by molar-refractivity contribution is 6.35. The molecule has 0 spiro atoms. The third-order valence-corrected chi connectivity index (χ3v) is 4.20. The minimum atomic E-state index is -0.415. The molecule has 0 bridgehead atoms. The van der Waals surface area contributed by atoms with Crippen molar-refractivity contribution in [1.82, 2.24) is 4.98 Å². The van der Waals surface area contributed by atoms with Crippen molar-refractivity contribution in [2.75, 3.05) is 17.3 Å². The second-order valence-corrected chi connectivity index (χ2v) is 6.12. The van der Waals surface area contributed by atoms with Crippen LogP contribution in [0.5, 0.6) is 0 Å². The molecule has 0 aliphatic carbocycles. The largest absolute Gasteiger partial charge is 0.343 e. The molecular weight excluding hydrogens is 357 g/mol. The Labute approximate surface area is 156 Å². The summed E-state index contributed by atoms with van der Waals surface area (Å²) < 4.78 is 0. The van der Waals surface area contributed by atoms with E-state index in [9.17, 15) is 4.79 Å². The maximum Gasteiger partial charge on any atom is 0.275 e. The van der Waals surface area contributed by atoms with Gasteiger partial charge in [-0.1, -0.05) is 53.5 Å². The quantitative estimate of drug-likeness (QED) is 0.623. The molecule has 1 amide bonds. The van der Waals surface area contributed by atoms with Crippen LogP contribution in [0.4, 0.5) is 17.1 Å². The smallest absolute Gasteiger partial charge is 0.275 e. The Hall–Kier alpha value is -2.56. The highest BCUT2D eigenvalue weighted by atomic mass is 35.5. The third-order valence-electron chi connectivity index (χ3n) is 3.68. The average molecular weight is 372 g/mol. The van der Waals surface area contributed by atoms with Crippen LogP contribution in [0.2, 0.25) is 10.2 Å². The van der Waals surface area contributed by atoms with Gasteiger partial charge in [0.05, 0.1) is 16.4 Å². The van der Waals surface area contributed by atoms with Gasteiger partial charge in [0.25, 0.3) is 5.91 Å². The van der Waals surface area contributed by atoms with Crippen LogP contribution in [0.3, 0.4) is 0 Å². The molecule has 2 aromatic carbocycles. The van der Waals surface area contributed by atoms with E-state index in [4.69, 9.17) is 23.2 Å². The first-order chi connectivity index (χ1) is 12.1. The van der Waals surface area contributed by atoms with E-state index in [1.165, 1.54) is 6.07 Å². The summed E-state index contributed by atoms with van der Waals surface area (Å²) >= 11 is 11.9. The molecule has 1 N–H and O–H groups in total. The fourth-order valence-electron chi connectivity index (χ4n) is 2.42. The molecule has 0 saturated heterocycles. The number of nitrogens with zero attached hydrogens (tertiary/aromatic N) is 2. The Balaban J connectivity index is 1.91. The maximum atomic E-state index is 12.6. The molecule has 6 heteroatoms. The molecule has 3 aromatic rings. The number of carbonyl (C=O) groups excluding carboxylic acids is 1. The number of anilines is 3. The van der Waals surface area contributed by atoms with Crippen molar-refractivity contribution in [2.24, 2.45) is 0 Å². The van der Waals surface area contributed by atoms with Gasteiger partial charge in [-0.25, -0.2) is 4.98 Å². The SMILES string of the molecule is CN(c1ccccc1)c1ccccc1NC(=O)c1nc(Cl)ccc1Cl. The first-order valence-electron chi connectivity index (χ1n) is 7.57. The third kappa shape index (κ3) is 3.92. The summed E-state index contributed by atoms with van der Waals surface area (Å²) in [6.45, 7) is 0. The summed E-state index contributed by atoms with van der Waals surface area (Å²) in [5.41, 5.74) is 2.59. The van der Waals surface area contributed by atoms with Crippen LogP contribution in [0.1, 0.15) is 10.5 Å². The van der Waals surface area contributed by atoms with E-state index in [1.807, 2.05) is 66.5 Å². The fourth-order valence-corrected chi connectivity index (χ4v) is 2.76. The van der Waals surface area contributed by atoms with Gasteiger partial charge in [-0.2, -0.15) is 0 Å². The maximum absolute atomic E-state index is 12.6. The summed E-state index contributed by atoms with van der Waals surface area (Å²) in [4.78, 5) is 18.6. The monoisotopic (exact) mass is 371 g/mol. The number of aromatic nitrogens is 1. The number of benzene rings is 2. The second-order valence-electron chi connectivity index (χ2n) is 5.33. The normalized spacial score (nSPS) is 10.4. The summed E-state index contributed by atoms with van der Waals surface area (Å²) in [5, 5.41) is 3.32. The highest BCUT2D eigenvalue weighted by Crippen LogP contribution is 2.31. The van der Waals surface area contributed by atoms with Crippen molar-refractivity contribution in [3.63, 3.8) is 0 Å². The van der Waals surface area contributed by atoms with Gasteiger partial charge in [-0.15, -0.1) is 0 Å². The Kier molecular flexibility index (Phi) is 5.22. The number of rotatable bonds is 4. The minimum absolute atomic E-state index is 0.0892. The van der Waals surface area contributed by atoms with Crippen LogP contribution in [0.15, 0.2) is 66.7 Å². The summed E-state index contributed by atoms with van der Waals surface area (Å²) in [6, 6.07) is 20.5. The molecule has 0 atom stereocenters. The van der Waals surface area contributed by atoms with Gasteiger partial charge in [0.15, 0.2) is 0 Å². The van der Waals surface area contributed by atoms with Crippen LogP contribution in [0.25, 0.3) is 0 Å². The topological polar surface area (TPSA) is 45.2 Å². The van der Waals surface area contributed by atoms with Crippen molar-refractivity contribution < 1.29 is 4.79 Å². The number of hydrogen-bond acceptors (Lipinski definition) is 3. The molecule has 1 heterocycles. The number of para-hydroxylation sites is 3. The first kappa shape index (κ1) is 17.3. The van der Waals surface area contributed by atoms with E-state index < -0.39 is 5.91 Å². The van der Waals surface area contributed by atoms with Crippen LogP contribution in [-0.4, -0.2) is 17.9 Å². The standard InChI is InChI=1S/C19H15Cl2N3O/c1-24(13-7-3-2-4-8-13)16-10-6-5-9-15(16)22-19(25)18-14(20)11-12-17(21)23-18/h2-12H,1H3,(H,22,25). The fraction of sp³-hybridized carbons (Fsp3) is 0.0526. The lowest BCUT2D eigenvalue weighted by Gasteiger charge is -2.22. The van der Waals surface area contributed by atoms with Gasteiger partial charge in [-0.05, 0) is 36.4 Å². The summed E-state index contributed by atoms with van der Waals surface area (Å²) in [7, 11) is 1.94. The molecule has 25 heavy (non-hydrogen) atoms. The molecule has 0 saturated carbocycles. The zero-order chi connectivity index (χ0) is 17.8. The number of carbonyl (C=O) groups is 1. The molecule has 0 fully saturated rings. The Bertz CT molecular complexity index is 900. The van der Waals surface area contributed by atoms with Crippen molar-refractivity contribution in [2.45, 2.75) is 0 Å². The predicted molar refractivity (Wildman–Crippen MR) is 103 cm³/mol. The lowest BCUT2D eigenvalue weighted by Crippen LogP contribution is -2.18. The number of pyridine rings is 1. The molecule has 0 unspecified atom stereocenters. The number of hydrogen-bond donors (Lipinski definition) is 1. The zero-order valence-corrected chi connectivity index (χ0v) is 14.9. The Morgan fingerprint density at radius 1 is 0.960 bits per heavy atom. The first-order valence-corrected chi connectivity index (χ1v) is 8.33.